The number of hydrogen-bond donors (Lipinski definition) is 1. The minimum Gasteiger partial charge on any atom is -0.298 e. The topological polar surface area (TPSA) is 60.3 Å². The number of likely N-dealkylation sites (N-methyl/N-ethyl adjacent to an activating group) is 2. The van der Waals surface area contributed by atoms with Crippen molar-refractivity contribution in [3.05, 3.63) is 0 Å². The number of fused-ring (bicyclic) bond motifs is 1. The Morgan fingerprint density at radius 3 is 3.00 bits per heavy atom. The highest BCUT2D eigenvalue weighted by atomic mass is 16.2. The number of urea groups is 1. The fraction of sp³-hybridized carbons (Fsp3) is 0.500. The lowest BCUT2D eigenvalue weighted by atomic mass is 10.4. The Hall–Kier alpha value is -1.59. The smallest absolute Gasteiger partial charge is 0.298 e. The van der Waals surface area contributed by atoms with Crippen LogP contribution < -0.4 is 5.43 Å². The third kappa shape index (κ3) is 0.715. The van der Waals surface area contributed by atoms with Crippen LogP contribution in [0.5, 0.6) is 0 Å². The van der Waals surface area contributed by atoms with Gasteiger partial charge < -0.3 is 0 Å². The van der Waals surface area contributed by atoms with Gasteiger partial charge in [0.15, 0.2) is 12.0 Å². The number of carbonyl (C=O) groups is 1. The molecule has 0 aromatic carbocycles. The van der Waals surface area contributed by atoms with Crippen LogP contribution in [0.4, 0.5) is 4.79 Å². The van der Waals surface area contributed by atoms with Gasteiger partial charge >= 0.3 is 6.03 Å². The largest absolute Gasteiger partial charge is 0.327 e. The summed E-state index contributed by atoms with van der Waals surface area (Å²) in [5, 5.41) is 3.95. The van der Waals surface area contributed by atoms with Crippen molar-refractivity contribution in [2.24, 2.45) is 10.1 Å². The van der Waals surface area contributed by atoms with Gasteiger partial charge in [0.05, 0.1) is 0 Å². The lowest BCUT2D eigenvalue weighted by molar-refractivity contribution is 0.203. The molecular formula is C6H9N5O. The van der Waals surface area contributed by atoms with Gasteiger partial charge in [0.1, 0.15) is 6.34 Å². The molecule has 0 aromatic rings. The molecule has 2 aliphatic rings. The number of hydrogen-bond acceptors (Lipinski definition) is 4. The van der Waals surface area contributed by atoms with Crippen LogP contribution in [-0.4, -0.2) is 48.3 Å². The second kappa shape index (κ2) is 2.20. The molecular weight excluding hydrogens is 158 g/mol. The molecule has 1 atom stereocenters. The monoisotopic (exact) mass is 167 g/mol. The maximum atomic E-state index is 11.3. The Labute approximate surface area is 69.5 Å². The van der Waals surface area contributed by atoms with Gasteiger partial charge in [-0.2, -0.15) is 5.10 Å². The van der Waals surface area contributed by atoms with Crippen molar-refractivity contribution >= 4 is 18.2 Å². The molecule has 12 heavy (non-hydrogen) atoms. The fourth-order valence-corrected chi connectivity index (χ4v) is 1.28. The minimum atomic E-state index is -0.247. The molecule has 0 aromatic heterocycles. The predicted octanol–water partition coefficient (Wildman–Crippen LogP) is -0.745. The molecule has 2 aliphatic heterocycles. The lowest BCUT2D eigenvalue weighted by Gasteiger charge is -2.14. The average Bonchev–Trinajstić information content (AvgIpc) is 2.33. The SMILES string of the molecule is CN1C(=O)N(C)C2N=CNN=C21. The molecule has 0 radical (unpaired) electrons. The van der Waals surface area contributed by atoms with Gasteiger partial charge in [-0.3, -0.25) is 15.2 Å². The molecule has 0 spiro atoms. The third-order valence-electron chi connectivity index (χ3n) is 1.98. The molecule has 1 unspecified atom stereocenters. The summed E-state index contributed by atoms with van der Waals surface area (Å²) in [7, 11) is 3.38. The van der Waals surface area contributed by atoms with Gasteiger partial charge in [-0.25, -0.2) is 9.79 Å². The molecule has 2 rings (SSSR count). The highest BCUT2D eigenvalue weighted by Gasteiger charge is 2.39. The Morgan fingerprint density at radius 2 is 2.33 bits per heavy atom. The van der Waals surface area contributed by atoms with Gasteiger partial charge in [-0.1, -0.05) is 0 Å². The summed E-state index contributed by atoms with van der Waals surface area (Å²) < 4.78 is 0. The molecule has 2 amide bonds. The zero-order valence-corrected chi connectivity index (χ0v) is 6.85. The van der Waals surface area contributed by atoms with Gasteiger partial charge in [0, 0.05) is 14.1 Å². The molecule has 6 heteroatoms. The van der Waals surface area contributed by atoms with E-state index in [2.05, 4.69) is 15.5 Å². The van der Waals surface area contributed by atoms with Crippen molar-refractivity contribution < 1.29 is 4.79 Å². The molecule has 0 saturated carbocycles. The number of amidine groups is 1. The highest BCUT2D eigenvalue weighted by molar-refractivity contribution is 6.07. The van der Waals surface area contributed by atoms with E-state index in [4.69, 9.17) is 0 Å². The van der Waals surface area contributed by atoms with E-state index < -0.39 is 0 Å². The summed E-state index contributed by atoms with van der Waals surface area (Å²) in [5.74, 6) is 0.644. The molecule has 6 nitrogen and oxygen atoms in total. The molecule has 0 aliphatic carbocycles. The minimum absolute atomic E-state index is 0.0837. The van der Waals surface area contributed by atoms with Gasteiger partial charge in [-0.05, 0) is 0 Å². The quantitative estimate of drug-likeness (QED) is 0.516. The summed E-state index contributed by atoms with van der Waals surface area (Å²) in [6, 6.07) is -0.0837. The summed E-state index contributed by atoms with van der Waals surface area (Å²) in [5.41, 5.74) is 2.60. The van der Waals surface area contributed by atoms with Crippen LogP contribution in [0.25, 0.3) is 0 Å². The van der Waals surface area contributed by atoms with E-state index in [1.54, 1.807) is 14.1 Å². The van der Waals surface area contributed by atoms with Crippen molar-refractivity contribution in [2.45, 2.75) is 6.17 Å². The zero-order valence-electron chi connectivity index (χ0n) is 6.85. The number of hydrazone groups is 1. The lowest BCUT2D eigenvalue weighted by Crippen LogP contribution is -2.34. The number of nitrogens with one attached hydrogen (secondary N) is 1. The Bertz CT molecular complexity index is 284. The number of rotatable bonds is 0. The summed E-state index contributed by atoms with van der Waals surface area (Å²) in [6.07, 6.45) is 1.24. The molecule has 1 N–H and O–H groups in total. The number of amides is 2. The zero-order chi connectivity index (χ0) is 8.72. The van der Waals surface area contributed by atoms with Crippen LogP contribution in [0.3, 0.4) is 0 Å². The molecule has 64 valence electrons. The van der Waals surface area contributed by atoms with E-state index >= 15 is 0 Å². The van der Waals surface area contributed by atoms with Crippen molar-refractivity contribution in [2.75, 3.05) is 14.1 Å². The first-order valence-electron chi connectivity index (χ1n) is 3.57. The predicted molar refractivity (Wildman–Crippen MR) is 43.8 cm³/mol. The van der Waals surface area contributed by atoms with Crippen molar-refractivity contribution in [3.63, 3.8) is 0 Å². The maximum Gasteiger partial charge on any atom is 0.327 e. The Kier molecular flexibility index (Phi) is 1.30. The highest BCUT2D eigenvalue weighted by Crippen LogP contribution is 2.16. The normalized spacial score (nSPS) is 27.0. The Morgan fingerprint density at radius 1 is 1.58 bits per heavy atom. The van der Waals surface area contributed by atoms with Gasteiger partial charge in [-0.15, -0.1) is 0 Å². The standard InChI is InChI=1S/C6H9N5O/c1-10-4-5(9-8-3-7-4)11(2)6(10)12/h3-4H,1-2H3,(H,7,8). The van der Waals surface area contributed by atoms with Gasteiger partial charge in [0.2, 0.25) is 0 Å². The van der Waals surface area contributed by atoms with E-state index in [1.165, 1.54) is 16.1 Å². The van der Waals surface area contributed by atoms with Crippen molar-refractivity contribution in [3.8, 4) is 0 Å². The first-order valence-corrected chi connectivity index (χ1v) is 3.57. The molecule has 1 fully saturated rings. The number of nitrogens with zero attached hydrogens (tertiary/aromatic N) is 4. The first kappa shape index (κ1) is 7.08. The molecule has 1 saturated heterocycles. The first-order chi connectivity index (χ1) is 5.72. The average molecular weight is 167 g/mol. The summed E-state index contributed by atoms with van der Waals surface area (Å²) in [6.45, 7) is 0. The second-order valence-electron chi connectivity index (χ2n) is 2.70. The Balaban J connectivity index is 2.38. The van der Waals surface area contributed by atoms with E-state index in [9.17, 15) is 4.79 Å². The van der Waals surface area contributed by atoms with E-state index in [-0.39, 0.29) is 12.2 Å². The second-order valence-corrected chi connectivity index (χ2v) is 2.70. The molecule has 0 bridgehead atoms. The fourth-order valence-electron chi connectivity index (χ4n) is 1.28. The number of carbonyl (C=O) groups excluding carboxylic acids is 1. The summed E-state index contributed by atoms with van der Waals surface area (Å²) in [4.78, 5) is 18.4. The van der Waals surface area contributed by atoms with E-state index in [1.807, 2.05) is 0 Å². The third-order valence-corrected chi connectivity index (χ3v) is 1.98. The van der Waals surface area contributed by atoms with Crippen LogP contribution >= 0.6 is 0 Å². The molecule has 2 heterocycles. The summed E-state index contributed by atoms with van der Waals surface area (Å²) >= 11 is 0. The van der Waals surface area contributed by atoms with E-state index in [0.717, 1.165) is 0 Å². The van der Waals surface area contributed by atoms with Gasteiger partial charge in [0.25, 0.3) is 0 Å². The van der Waals surface area contributed by atoms with Crippen LogP contribution in [-0.2, 0) is 0 Å². The maximum absolute atomic E-state index is 11.3. The van der Waals surface area contributed by atoms with Crippen LogP contribution in [0.1, 0.15) is 0 Å². The van der Waals surface area contributed by atoms with E-state index in [0.29, 0.717) is 5.84 Å². The van der Waals surface area contributed by atoms with Crippen LogP contribution in [0.15, 0.2) is 10.1 Å². The van der Waals surface area contributed by atoms with Crippen molar-refractivity contribution in [1.82, 2.24) is 15.2 Å². The van der Waals surface area contributed by atoms with Crippen LogP contribution in [0, 0.1) is 0 Å². The van der Waals surface area contributed by atoms with Crippen LogP contribution in [0.2, 0.25) is 0 Å². The van der Waals surface area contributed by atoms with Crippen molar-refractivity contribution in [1.29, 1.82) is 0 Å². The number of aliphatic imine (C=N–C) groups is 1.